The van der Waals surface area contributed by atoms with Gasteiger partial charge in [0, 0.05) is 29.4 Å². The van der Waals surface area contributed by atoms with E-state index in [1.54, 1.807) is 30.3 Å². The molecule has 2 N–H and O–H groups in total. The highest BCUT2D eigenvalue weighted by atomic mass is 16.2. The van der Waals surface area contributed by atoms with Crippen LogP contribution in [0.15, 0.2) is 54.6 Å². The van der Waals surface area contributed by atoms with Crippen molar-refractivity contribution in [1.29, 1.82) is 0 Å². The van der Waals surface area contributed by atoms with Crippen molar-refractivity contribution in [1.82, 2.24) is 4.98 Å². The third-order valence-corrected chi connectivity index (χ3v) is 3.55. The quantitative estimate of drug-likeness (QED) is 0.772. The maximum Gasteiger partial charge on any atom is 0.256 e. The predicted octanol–water partition coefficient (Wildman–Crippen LogP) is 3.75. The van der Waals surface area contributed by atoms with E-state index in [0.717, 1.165) is 16.6 Å². The Labute approximate surface area is 139 Å². The summed E-state index contributed by atoms with van der Waals surface area (Å²) in [5.74, 6) is -0.325. The molecule has 0 aliphatic carbocycles. The van der Waals surface area contributed by atoms with Gasteiger partial charge in [0.2, 0.25) is 5.91 Å². The van der Waals surface area contributed by atoms with Gasteiger partial charge < -0.3 is 10.6 Å². The van der Waals surface area contributed by atoms with Crippen molar-refractivity contribution in [3.05, 3.63) is 65.9 Å². The molecule has 5 heteroatoms. The van der Waals surface area contributed by atoms with Gasteiger partial charge in [0.25, 0.3) is 5.91 Å². The predicted molar refractivity (Wildman–Crippen MR) is 95.2 cm³/mol. The summed E-state index contributed by atoms with van der Waals surface area (Å²) in [6, 6.07) is 16.3. The van der Waals surface area contributed by atoms with Crippen LogP contribution in [0.1, 0.15) is 23.0 Å². The van der Waals surface area contributed by atoms with Gasteiger partial charge in [0.05, 0.1) is 11.1 Å². The number of hydrogen-bond donors (Lipinski definition) is 2. The van der Waals surface area contributed by atoms with Crippen LogP contribution in [0.2, 0.25) is 0 Å². The first-order valence-corrected chi connectivity index (χ1v) is 7.58. The van der Waals surface area contributed by atoms with Crippen molar-refractivity contribution in [2.75, 3.05) is 10.6 Å². The van der Waals surface area contributed by atoms with Crippen LogP contribution in [0.5, 0.6) is 0 Å². The minimum Gasteiger partial charge on any atom is -0.326 e. The lowest BCUT2D eigenvalue weighted by atomic mass is 10.1. The van der Waals surface area contributed by atoms with Gasteiger partial charge in [-0.1, -0.05) is 18.2 Å². The smallest absolute Gasteiger partial charge is 0.256 e. The highest BCUT2D eigenvalue weighted by Gasteiger charge is 2.12. The minimum atomic E-state index is -0.191. The summed E-state index contributed by atoms with van der Waals surface area (Å²) in [4.78, 5) is 28.1. The molecular weight excluding hydrogens is 302 g/mol. The normalized spacial score (nSPS) is 10.4. The fourth-order valence-corrected chi connectivity index (χ4v) is 2.53. The molecule has 1 heterocycles. The lowest BCUT2D eigenvalue weighted by Crippen LogP contribution is -2.13. The molecule has 0 spiro atoms. The molecule has 0 saturated heterocycles. The number of amides is 2. The summed E-state index contributed by atoms with van der Waals surface area (Å²) < 4.78 is 0. The standard InChI is InChI=1S/C19H17N3O2/c1-12-11-17(16-5-3-4-6-18(16)20-12)19(24)22-15-9-7-14(8-10-15)21-13(2)23/h3-11H,1-2H3,(H,21,23)(H,22,24). The summed E-state index contributed by atoms with van der Waals surface area (Å²) >= 11 is 0. The molecule has 0 saturated carbocycles. The molecule has 1 aromatic heterocycles. The monoisotopic (exact) mass is 319 g/mol. The lowest BCUT2D eigenvalue weighted by Gasteiger charge is -2.10. The van der Waals surface area contributed by atoms with E-state index in [2.05, 4.69) is 15.6 Å². The fraction of sp³-hybridized carbons (Fsp3) is 0.105. The van der Waals surface area contributed by atoms with E-state index in [1.165, 1.54) is 6.92 Å². The van der Waals surface area contributed by atoms with Gasteiger partial charge in [-0.25, -0.2) is 0 Å². The molecule has 0 bridgehead atoms. The number of nitrogens with zero attached hydrogens (tertiary/aromatic N) is 1. The van der Waals surface area contributed by atoms with E-state index in [4.69, 9.17) is 0 Å². The van der Waals surface area contributed by atoms with Crippen LogP contribution in [0.3, 0.4) is 0 Å². The maximum absolute atomic E-state index is 12.6. The first-order valence-electron chi connectivity index (χ1n) is 7.58. The first kappa shape index (κ1) is 15.7. The molecule has 0 atom stereocenters. The number of carbonyl (C=O) groups excluding carboxylic acids is 2. The third-order valence-electron chi connectivity index (χ3n) is 3.55. The third kappa shape index (κ3) is 3.41. The molecule has 0 aliphatic heterocycles. The Balaban J connectivity index is 1.86. The summed E-state index contributed by atoms with van der Waals surface area (Å²) in [7, 11) is 0. The largest absolute Gasteiger partial charge is 0.326 e. The van der Waals surface area contributed by atoms with Crippen LogP contribution in [0.25, 0.3) is 10.9 Å². The van der Waals surface area contributed by atoms with E-state index in [0.29, 0.717) is 16.9 Å². The molecule has 3 rings (SSSR count). The Morgan fingerprint density at radius 1 is 0.917 bits per heavy atom. The molecule has 0 unspecified atom stereocenters. The van der Waals surface area contributed by atoms with Gasteiger partial charge in [-0.05, 0) is 43.3 Å². The SMILES string of the molecule is CC(=O)Nc1ccc(NC(=O)c2cc(C)nc3ccccc23)cc1. The number of para-hydroxylation sites is 1. The van der Waals surface area contributed by atoms with Crippen LogP contribution < -0.4 is 10.6 Å². The number of anilines is 2. The fourth-order valence-electron chi connectivity index (χ4n) is 2.53. The Morgan fingerprint density at radius 2 is 1.54 bits per heavy atom. The summed E-state index contributed by atoms with van der Waals surface area (Å²) in [5, 5.41) is 6.38. The number of fused-ring (bicyclic) bond motifs is 1. The van der Waals surface area contributed by atoms with E-state index >= 15 is 0 Å². The van der Waals surface area contributed by atoms with E-state index in [1.807, 2.05) is 31.2 Å². The van der Waals surface area contributed by atoms with Crippen LogP contribution in [-0.4, -0.2) is 16.8 Å². The van der Waals surface area contributed by atoms with Gasteiger partial charge in [0.15, 0.2) is 0 Å². The van der Waals surface area contributed by atoms with Crippen molar-refractivity contribution in [2.45, 2.75) is 13.8 Å². The maximum atomic E-state index is 12.6. The number of benzene rings is 2. The van der Waals surface area contributed by atoms with Crippen molar-refractivity contribution >= 4 is 34.1 Å². The second-order valence-electron chi connectivity index (χ2n) is 5.54. The Kier molecular flexibility index (Phi) is 4.24. The molecular formula is C19H17N3O2. The number of nitrogens with one attached hydrogen (secondary N) is 2. The average Bonchev–Trinajstić information content (AvgIpc) is 2.55. The summed E-state index contributed by atoms with van der Waals surface area (Å²) in [6.45, 7) is 3.32. The highest BCUT2D eigenvalue weighted by molar-refractivity contribution is 6.12. The molecule has 24 heavy (non-hydrogen) atoms. The zero-order chi connectivity index (χ0) is 17.1. The molecule has 0 aliphatic rings. The number of aromatic nitrogens is 1. The molecule has 0 fully saturated rings. The minimum absolute atomic E-state index is 0.134. The van der Waals surface area contributed by atoms with E-state index in [9.17, 15) is 9.59 Å². The molecule has 5 nitrogen and oxygen atoms in total. The topological polar surface area (TPSA) is 71.1 Å². The van der Waals surface area contributed by atoms with Gasteiger partial charge >= 0.3 is 0 Å². The number of hydrogen-bond acceptors (Lipinski definition) is 3. The van der Waals surface area contributed by atoms with Gasteiger partial charge in [-0.15, -0.1) is 0 Å². The Morgan fingerprint density at radius 3 is 2.21 bits per heavy atom. The molecule has 3 aromatic rings. The summed E-state index contributed by atoms with van der Waals surface area (Å²) in [5.41, 5.74) is 3.52. The molecule has 2 amide bonds. The van der Waals surface area contributed by atoms with Gasteiger partial charge in [0.1, 0.15) is 0 Å². The molecule has 2 aromatic carbocycles. The van der Waals surface area contributed by atoms with Crippen molar-refractivity contribution < 1.29 is 9.59 Å². The number of rotatable bonds is 3. The van der Waals surface area contributed by atoms with Gasteiger partial charge in [-0.2, -0.15) is 0 Å². The lowest BCUT2D eigenvalue weighted by molar-refractivity contribution is -0.114. The zero-order valence-electron chi connectivity index (χ0n) is 13.5. The van der Waals surface area contributed by atoms with Crippen LogP contribution in [-0.2, 0) is 4.79 Å². The van der Waals surface area contributed by atoms with E-state index in [-0.39, 0.29) is 11.8 Å². The number of carbonyl (C=O) groups is 2. The van der Waals surface area contributed by atoms with Crippen LogP contribution in [0.4, 0.5) is 11.4 Å². The molecule has 0 radical (unpaired) electrons. The van der Waals surface area contributed by atoms with Crippen LogP contribution in [0, 0.1) is 6.92 Å². The zero-order valence-corrected chi connectivity index (χ0v) is 13.5. The van der Waals surface area contributed by atoms with Crippen molar-refractivity contribution in [3.8, 4) is 0 Å². The Hall–Kier alpha value is -3.21. The molecule has 120 valence electrons. The number of pyridine rings is 1. The first-order chi connectivity index (χ1) is 11.5. The second kappa shape index (κ2) is 6.50. The highest BCUT2D eigenvalue weighted by Crippen LogP contribution is 2.20. The van der Waals surface area contributed by atoms with Crippen molar-refractivity contribution in [3.63, 3.8) is 0 Å². The van der Waals surface area contributed by atoms with Crippen LogP contribution >= 0.6 is 0 Å². The number of aryl methyl sites for hydroxylation is 1. The van der Waals surface area contributed by atoms with Crippen molar-refractivity contribution in [2.24, 2.45) is 0 Å². The Bertz CT molecular complexity index is 918. The summed E-state index contributed by atoms with van der Waals surface area (Å²) in [6.07, 6.45) is 0. The van der Waals surface area contributed by atoms with Gasteiger partial charge in [-0.3, -0.25) is 14.6 Å². The van der Waals surface area contributed by atoms with E-state index < -0.39 is 0 Å². The second-order valence-corrected chi connectivity index (χ2v) is 5.54. The average molecular weight is 319 g/mol.